The molecule has 0 fully saturated rings. The number of hydrogen-bond acceptors (Lipinski definition) is 6. The maximum atomic E-state index is 12.5. The fraction of sp³-hybridized carbons (Fsp3) is 0.591. The summed E-state index contributed by atoms with van der Waals surface area (Å²) in [7, 11) is 0. The van der Waals surface area contributed by atoms with Gasteiger partial charge >= 0.3 is 18.0 Å². The Hall–Kier alpha value is -2.57. The number of carbonyl (C=O) groups is 3. The van der Waals surface area contributed by atoms with Crippen LogP contribution in [0.3, 0.4) is 0 Å². The van der Waals surface area contributed by atoms with Crippen LogP contribution in [-0.4, -0.2) is 41.4 Å². The molecule has 0 saturated heterocycles. The zero-order valence-electron chi connectivity index (χ0n) is 18.6. The summed E-state index contributed by atoms with van der Waals surface area (Å²) in [6.07, 6.45) is -0.911. The number of hydrogen-bond donors (Lipinski definition) is 1. The number of ether oxygens (including phenoxy) is 3. The van der Waals surface area contributed by atoms with Crippen molar-refractivity contribution in [3.8, 4) is 0 Å². The van der Waals surface area contributed by atoms with E-state index < -0.39 is 35.3 Å². The summed E-state index contributed by atoms with van der Waals surface area (Å²) in [5.41, 5.74) is -0.275. The zero-order chi connectivity index (χ0) is 22.4. The highest BCUT2D eigenvalue weighted by molar-refractivity contribution is 5.90. The lowest BCUT2D eigenvalue weighted by Crippen LogP contribution is -2.46. The summed E-state index contributed by atoms with van der Waals surface area (Å²) < 4.78 is 15.9. The molecule has 0 aromatic heterocycles. The van der Waals surface area contributed by atoms with Crippen molar-refractivity contribution in [2.24, 2.45) is 0 Å². The quantitative estimate of drug-likeness (QED) is 0.565. The normalized spacial score (nSPS) is 12.9. The molecule has 1 atom stereocenters. The molecule has 0 unspecified atom stereocenters. The summed E-state index contributed by atoms with van der Waals surface area (Å²) in [6.45, 7) is 14.0. The number of benzene rings is 1. The van der Waals surface area contributed by atoms with Crippen molar-refractivity contribution in [3.63, 3.8) is 0 Å². The predicted octanol–water partition coefficient (Wildman–Crippen LogP) is 4.03. The fourth-order valence-electron chi connectivity index (χ4n) is 2.36. The minimum absolute atomic E-state index is 0.140. The lowest BCUT2D eigenvalue weighted by molar-refractivity contribution is -0.149. The monoisotopic (exact) mass is 407 g/mol. The van der Waals surface area contributed by atoms with E-state index in [0.717, 1.165) is 0 Å². The highest BCUT2D eigenvalue weighted by Crippen LogP contribution is 2.15. The SMILES string of the molecule is CC(C)OC(=O)[C@@H](Cc1cccc(C(=O)OC(C)(C)C)c1)NC(=O)OC(C)(C)C. The third-order valence-corrected chi connectivity index (χ3v) is 3.33. The van der Waals surface area contributed by atoms with Gasteiger partial charge in [-0.15, -0.1) is 0 Å². The second kappa shape index (κ2) is 9.76. The number of carbonyl (C=O) groups excluding carboxylic acids is 3. The lowest BCUT2D eigenvalue weighted by Gasteiger charge is -2.24. The largest absolute Gasteiger partial charge is 0.461 e. The Labute approximate surface area is 173 Å². The second-order valence-corrected chi connectivity index (χ2v) is 9.09. The van der Waals surface area contributed by atoms with Crippen molar-refractivity contribution in [2.45, 2.75) is 85.2 Å². The molecule has 162 valence electrons. The van der Waals surface area contributed by atoms with Gasteiger partial charge in [0.1, 0.15) is 17.2 Å². The number of nitrogens with one attached hydrogen (secondary N) is 1. The van der Waals surface area contributed by atoms with Gasteiger partial charge in [-0.2, -0.15) is 0 Å². The number of rotatable bonds is 6. The second-order valence-electron chi connectivity index (χ2n) is 9.09. The van der Waals surface area contributed by atoms with Crippen molar-refractivity contribution < 1.29 is 28.6 Å². The van der Waals surface area contributed by atoms with Crippen molar-refractivity contribution in [1.29, 1.82) is 0 Å². The van der Waals surface area contributed by atoms with Crippen LogP contribution in [0.25, 0.3) is 0 Å². The average molecular weight is 408 g/mol. The van der Waals surface area contributed by atoms with Gasteiger partial charge in [-0.25, -0.2) is 14.4 Å². The Balaban J connectivity index is 3.00. The van der Waals surface area contributed by atoms with Gasteiger partial charge in [0, 0.05) is 6.42 Å². The van der Waals surface area contributed by atoms with Crippen LogP contribution in [0.5, 0.6) is 0 Å². The molecule has 1 rings (SSSR count). The van der Waals surface area contributed by atoms with Gasteiger partial charge < -0.3 is 19.5 Å². The van der Waals surface area contributed by atoms with Crippen LogP contribution >= 0.6 is 0 Å². The van der Waals surface area contributed by atoms with Crippen molar-refractivity contribution in [1.82, 2.24) is 5.32 Å². The molecular weight excluding hydrogens is 374 g/mol. The van der Waals surface area contributed by atoms with E-state index in [2.05, 4.69) is 5.32 Å². The third-order valence-electron chi connectivity index (χ3n) is 3.33. The average Bonchev–Trinajstić information content (AvgIpc) is 2.50. The van der Waals surface area contributed by atoms with Gasteiger partial charge in [-0.05, 0) is 73.1 Å². The number of amides is 1. The Bertz CT molecular complexity index is 728. The van der Waals surface area contributed by atoms with E-state index in [0.29, 0.717) is 11.1 Å². The highest BCUT2D eigenvalue weighted by atomic mass is 16.6. The van der Waals surface area contributed by atoms with Gasteiger partial charge in [0.15, 0.2) is 0 Å². The smallest absolute Gasteiger partial charge is 0.408 e. The highest BCUT2D eigenvalue weighted by Gasteiger charge is 2.27. The molecule has 7 heteroatoms. The van der Waals surface area contributed by atoms with Crippen LogP contribution in [-0.2, 0) is 25.4 Å². The third kappa shape index (κ3) is 9.96. The van der Waals surface area contributed by atoms with Crippen molar-refractivity contribution in [2.75, 3.05) is 0 Å². The zero-order valence-corrected chi connectivity index (χ0v) is 18.6. The molecule has 29 heavy (non-hydrogen) atoms. The summed E-state index contributed by atoms with van der Waals surface area (Å²) in [5.74, 6) is -1.03. The van der Waals surface area contributed by atoms with Gasteiger partial charge in [0.2, 0.25) is 0 Å². The molecule has 0 aliphatic carbocycles. The van der Waals surface area contributed by atoms with Crippen LogP contribution in [0, 0.1) is 0 Å². The molecule has 0 aliphatic heterocycles. The first kappa shape index (κ1) is 24.5. The summed E-state index contributed by atoms with van der Waals surface area (Å²) in [5, 5.41) is 2.56. The van der Waals surface area contributed by atoms with Crippen LogP contribution in [0.15, 0.2) is 24.3 Å². The van der Waals surface area contributed by atoms with Gasteiger partial charge in [-0.1, -0.05) is 12.1 Å². The summed E-state index contributed by atoms with van der Waals surface area (Å²) >= 11 is 0. The molecule has 7 nitrogen and oxygen atoms in total. The fourth-order valence-corrected chi connectivity index (χ4v) is 2.36. The molecule has 1 amide bonds. The number of alkyl carbamates (subject to hydrolysis) is 1. The van der Waals surface area contributed by atoms with Crippen LogP contribution in [0.4, 0.5) is 4.79 Å². The molecule has 0 bridgehead atoms. The Morgan fingerprint density at radius 2 is 1.55 bits per heavy atom. The molecule has 1 aromatic carbocycles. The van der Waals surface area contributed by atoms with Gasteiger partial charge in [-0.3, -0.25) is 0 Å². The first-order valence-electron chi connectivity index (χ1n) is 9.68. The van der Waals surface area contributed by atoms with Gasteiger partial charge in [0.05, 0.1) is 11.7 Å². The first-order chi connectivity index (χ1) is 13.2. The van der Waals surface area contributed by atoms with Crippen LogP contribution in [0.2, 0.25) is 0 Å². The minimum atomic E-state index is -0.957. The van der Waals surface area contributed by atoms with E-state index in [1.165, 1.54) is 0 Å². The summed E-state index contributed by atoms with van der Waals surface area (Å²) in [6, 6.07) is 5.79. The van der Waals surface area contributed by atoms with Crippen LogP contribution in [0.1, 0.15) is 71.3 Å². The first-order valence-corrected chi connectivity index (χ1v) is 9.68. The van der Waals surface area contributed by atoms with Gasteiger partial charge in [0.25, 0.3) is 0 Å². The Kier molecular flexibility index (Phi) is 8.24. The number of esters is 2. The van der Waals surface area contributed by atoms with E-state index in [9.17, 15) is 14.4 Å². The summed E-state index contributed by atoms with van der Waals surface area (Å²) in [4.78, 5) is 37.0. The maximum Gasteiger partial charge on any atom is 0.408 e. The Morgan fingerprint density at radius 1 is 0.966 bits per heavy atom. The predicted molar refractivity (Wildman–Crippen MR) is 110 cm³/mol. The lowest BCUT2D eigenvalue weighted by atomic mass is 10.0. The molecule has 0 aliphatic rings. The topological polar surface area (TPSA) is 90.9 Å². The molecule has 1 N–H and O–H groups in total. The van der Waals surface area contributed by atoms with E-state index in [-0.39, 0.29) is 12.5 Å². The molecule has 0 radical (unpaired) electrons. The molecule has 0 spiro atoms. The van der Waals surface area contributed by atoms with E-state index in [1.54, 1.807) is 79.7 Å². The molecule has 0 saturated carbocycles. The van der Waals surface area contributed by atoms with Crippen LogP contribution < -0.4 is 5.32 Å². The minimum Gasteiger partial charge on any atom is -0.461 e. The molecule has 0 heterocycles. The Morgan fingerprint density at radius 3 is 2.07 bits per heavy atom. The molecule has 1 aromatic rings. The van der Waals surface area contributed by atoms with E-state index in [4.69, 9.17) is 14.2 Å². The van der Waals surface area contributed by atoms with E-state index >= 15 is 0 Å². The maximum absolute atomic E-state index is 12.5. The van der Waals surface area contributed by atoms with Crippen molar-refractivity contribution in [3.05, 3.63) is 35.4 Å². The van der Waals surface area contributed by atoms with E-state index in [1.807, 2.05) is 0 Å². The molecular formula is C22H33NO6. The standard InChI is InChI=1S/C22H33NO6/c1-14(2)27-19(25)17(23-20(26)29-22(6,7)8)13-15-10-9-11-16(12-15)18(24)28-21(3,4)5/h9-12,14,17H,13H2,1-8H3,(H,23,26)/t17-/m1/s1. The van der Waals surface area contributed by atoms with Crippen molar-refractivity contribution >= 4 is 18.0 Å².